The van der Waals surface area contributed by atoms with Crippen molar-refractivity contribution in [2.75, 3.05) is 0 Å². The van der Waals surface area contributed by atoms with Gasteiger partial charge in [0.1, 0.15) is 0 Å². The summed E-state index contributed by atoms with van der Waals surface area (Å²) in [4.78, 5) is 18.9. The predicted molar refractivity (Wildman–Crippen MR) is 105 cm³/mol. The lowest BCUT2D eigenvalue weighted by molar-refractivity contribution is -0.130. The molecule has 5 heteroatoms. The van der Waals surface area contributed by atoms with Crippen molar-refractivity contribution < 1.29 is 9.90 Å². The van der Waals surface area contributed by atoms with Crippen LogP contribution in [0.25, 0.3) is 5.57 Å². The summed E-state index contributed by atoms with van der Waals surface area (Å²) >= 11 is 6.20. The van der Waals surface area contributed by atoms with Crippen LogP contribution in [-0.4, -0.2) is 20.9 Å². The van der Waals surface area contributed by atoms with Crippen molar-refractivity contribution in [1.82, 2.24) is 9.88 Å². The highest BCUT2D eigenvalue weighted by Crippen LogP contribution is 2.43. The van der Waals surface area contributed by atoms with Crippen LogP contribution in [0, 0.1) is 0 Å². The number of rotatable bonds is 4. The second kappa shape index (κ2) is 7.25. The van der Waals surface area contributed by atoms with Gasteiger partial charge in [-0.25, -0.2) is 0 Å². The number of hydrogen-bond donors (Lipinski definition) is 1. The van der Waals surface area contributed by atoms with E-state index in [2.05, 4.69) is 4.98 Å². The van der Waals surface area contributed by atoms with Crippen molar-refractivity contribution >= 4 is 23.1 Å². The van der Waals surface area contributed by atoms with Crippen molar-refractivity contribution in [2.45, 2.75) is 12.6 Å². The molecule has 0 saturated carbocycles. The molecule has 0 aliphatic carbocycles. The summed E-state index contributed by atoms with van der Waals surface area (Å²) in [5, 5.41) is 11.3. The number of aliphatic hydroxyl groups excluding tert-OH is 1. The lowest BCUT2D eigenvalue weighted by Gasteiger charge is -2.27. The van der Waals surface area contributed by atoms with Crippen LogP contribution >= 0.6 is 11.6 Å². The Hall–Kier alpha value is -3.11. The molecule has 1 N–H and O–H groups in total. The Labute approximate surface area is 162 Å². The van der Waals surface area contributed by atoms with E-state index in [0.717, 1.165) is 16.8 Å². The first-order valence-electron chi connectivity index (χ1n) is 8.60. The molecule has 0 fully saturated rings. The van der Waals surface area contributed by atoms with Gasteiger partial charge in [-0.15, -0.1) is 0 Å². The molecule has 3 aromatic rings. The summed E-state index contributed by atoms with van der Waals surface area (Å²) in [6.45, 7) is 0.289. The number of pyridine rings is 1. The van der Waals surface area contributed by atoms with Gasteiger partial charge in [-0.05, 0) is 35.4 Å². The topological polar surface area (TPSA) is 53.4 Å². The summed E-state index contributed by atoms with van der Waals surface area (Å²) in [5.74, 6) is -0.647. The SMILES string of the molecule is O=C1C(O)=C(c2ccccc2)C(c2cccc(Cl)c2)N1Cc1ccccn1. The maximum Gasteiger partial charge on any atom is 0.290 e. The third-order valence-corrected chi connectivity index (χ3v) is 4.85. The third-order valence-electron chi connectivity index (χ3n) is 4.61. The van der Waals surface area contributed by atoms with Gasteiger partial charge in [0.25, 0.3) is 5.91 Å². The van der Waals surface area contributed by atoms with Gasteiger partial charge in [0.05, 0.1) is 18.3 Å². The average molecular weight is 377 g/mol. The van der Waals surface area contributed by atoms with Gasteiger partial charge in [0.15, 0.2) is 5.76 Å². The van der Waals surface area contributed by atoms with Crippen molar-refractivity contribution in [3.8, 4) is 0 Å². The molecule has 134 valence electrons. The van der Waals surface area contributed by atoms with Crippen LogP contribution in [0.3, 0.4) is 0 Å². The molecular formula is C22H17ClN2O2. The fraction of sp³-hybridized carbons (Fsp3) is 0.0909. The van der Waals surface area contributed by atoms with Crippen LogP contribution in [-0.2, 0) is 11.3 Å². The minimum Gasteiger partial charge on any atom is -0.503 e. The monoisotopic (exact) mass is 376 g/mol. The van der Waals surface area contributed by atoms with Crippen molar-refractivity contribution in [2.24, 2.45) is 0 Å². The molecule has 1 unspecified atom stereocenters. The van der Waals surface area contributed by atoms with Gasteiger partial charge in [0, 0.05) is 16.8 Å². The number of halogens is 1. The highest BCUT2D eigenvalue weighted by atomic mass is 35.5. The minimum atomic E-state index is -0.444. The van der Waals surface area contributed by atoms with E-state index in [1.54, 1.807) is 17.2 Å². The van der Waals surface area contributed by atoms with Crippen LogP contribution in [0.2, 0.25) is 5.02 Å². The van der Waals surface area contributed by atoms with Gasteiger partial charge < -0.3 is 10.0 Å². The quantitative estimate of drug-likeness (QED) is 0.712. The largest absolute Gasteiger partial charge is 0.503 e. The Morgan fingerprint density at radius 1 is 1.00 bits per heavy atom. The minimum absolute atomic E-state index is 0.234. The van der Waals surface area contributed by atoms with Gasteiger partial charge in [-0.3, -0.25) is 9.78 Å². The smallest absolute Gasteiger partial charge is 0.290 e. The van der Waals surface area contributed by atoms with E-state index in [1.165, 1.54) is 0 Å². The molecule has 0 spiro atoms. The van der Waals surface area contributed by atoms with Crippen molar-refractivity contribution in [3.63, 3.8) is 0 Å². The second-order valence-corrected chi connectivity index (χ2v) is 6.78. The predicted octanol–water partition coefficient (Wildman–Crippen LogP) is 4.79. The first-order chi connectivity index (χ1) is 13.1. The lowest BCUT2D eigenvalue weighted by Crippen LogP contribution is -2.30. The van der Waals surface area contributed by atoms with Crippen LogP contribution in [0.5, 0.6) is 0 Å². The zero-order valence-corrected chi connectivity index (χ0v) is 15.2. The van der Waals surface area contributed by atoms with E-state index in [9.17, 15) is 9.90 Å². The molecule has 1 atom stereocenters. The van der Waals surface area contributed by atoms with Crippen LogP contribution in [0.4, 0.5) is 0 Å². The molecule has 1 amide bonds. The van der Waals surface area contributed by atoms with Gasteiger partial charge in [0.2, 0.25) is 0 Å². The highest BCUT2D eigenvalue weighted by Gasteiger charge is 2.41. The van der Waals surface area contributed by atoms with E-state index in [0.29, 0.717) is 10.6 Å². The molecule has 0 saturated heterocycles. The summed E-state index contributed by atoms with van der Waals surface area (Å²) in [6.07, 6.45) is 1.69. The molecule has 2 heterocycles. The molecule has 1 aliphatic heterocycles. The first kappa shape index (κ1) is 17.3. The van der Waals surface area contributed by atoms with E-state index in [-0.39, 0.29) is 12.3 Å². The van der Waals surface area contributed by atoms with Crippen molar-refractivity contribution in [3.05, 3.63) is 107 Å². The summed E-state index contributed by atoms with van der Waals surface area (Å²) in [6, 6.07) is 21.9. The maximum absolute atomic E-state index is 12.9. The molecule has 27 heavy (non-hydrogen) atoms. The third kappa shape index (κ3) is 3.32. The fourth-order valence-electron chi connectivity index (χ4n) is 3.42. The second-order valence-electron chi connectivity index (χ2n) is 6.34. The number of benzene rings is 2. The number of amides is 1. The molecule has 2 aromatic carbocycles. The number of nitrogens with zero attached hydrogens (tertiary/aromatic N) is 2. The standard InChI is InChI=1S/C22H17ClN2O2/c23-17-10-6-9-16(13-17)20-19(15-7-2-1-3-8-15)21(26)22(27)25(20)14-18-11-4-5-12-24-18/h1-13,20,26H,14H2. The van der Waals surface area contributed by atoms with Crippen LogP contribution < -0.4 is 0 Å². The molecule has 4 rings (SSSR count). The van der Waals surface area contributed by atoms with E-state index >= 15 is 0 Å². The summed E-state index contributed by atoms with van der Waals surface area (Å²) < 4.78 is 0. The Morgan fingerprint density at radius 2 is 1.78 bits per heavy atom. The summed E-state index contributed by atoms with van der Waals surface area (Å²) in [7, 11) is 0. The molecule has 1 aromatic heterocycles. The van der Waals surface area contributed by atoms with E-state index < -0.39 is 11.9 Å². The van der Waals surface area contributed by atoms with Crippen LogP contribution in [0.15, 0.2) is 84.8 Å². The molecule has 4 nitrogen and oxygen atoms in total. The maximum atomic E-state index is 12.9. The van der Waals surface area contributed by atoms with E-state index in [4.69, 9.17) is 11.6 Å². The molecule has 1 aliphatic rings. The normalized spacial score (nSPS) is 16.9. The highest BCUT2D eigenvalue weighted by molar-refractivity contribution is 6.30. The number of carbonyl (C=O) groups is 1. The Morgan fingerprint density at radius 3 is 2.48 bits per heavy atom. The Bertz CT molecular complexity index is 1000. The number of aromatic nitrogens is 1. The molecule has 0 radical (unpaired) electrons. The fourth-order valence-corrected chi connectivity index (χ4v) is 3.62. The molecular weight excluding hydrogens is 360 g/mol. The zero-order valence-electron chi connectivity index (χ0n) is 14.4. The molecule has 0 bridgehead atoms. The zero-order chi connectivity index (χ0) is 18.8. The Balaban J connectivity index is 1.83. The first-order valence-corrected chi connectivity index (χ1v) is 8.98. The van der Waals surface area contributed by atoms with E-state index in [1.807, 2.05) is 66.7 Å². The average Bonchev–Trinajstić information content (AvgIpc) is 2.94. The summed E-state index contributed by atoms with van der Waals surface area (Å²) in [5.41, 5.74) is 2.98. The van der Waals surface area contributed by atoms with Gasteiger partial charge in [-0.2, -0.15) is 0 Å². The lowest BCUT2D eigenvalue weighted by atomic mass is 9.93. The van der Waals surface area contributed by atoms with Crippen LogP contribution in [0.1, 0.15) is 22.9 Å². The van der Waals surface area contributed by atoms with Crippen molar-refractivity contribution in [1.29, 1.82) is 0 Å². The van der Waals surface area contributed by atoms with Gasteiger partial charge >= 0.3 is 0 Å². The number of hydrogen-bond acceptors (Lipinski definition) is 3. The van der Waals surface area contributed by atoms with Gasteiger partial charge in [-0.1, -0.05) is 60.1 Å². The number of carbonyl (C=O) groups excluding carboxylic acids is 1. The number of aliphatic hydroxyl groups is 1. The Kier molecular flexibility index (Phi) is 4.65.